The van der Waals surface area contributed by atoms with Crippen LogP contribution < -0.4 is 0 Å². The van der Waals surface area contributed by atoms with E-state index in [0.717, 1.165) is 45.4 Å². The number of hydrogen-bond acceptors (Lipinski definition) is 5. The molecule has 1 spiro atoms. The fraction of sp³-hybridized carbons (Fsp3) is 0.591. The average Bonchev–Trinajstić information content (AvgIpc) is 3.18. The second-order valence-corrected chi connectivity index (χ2v) is 8.98. The van der Waals surface area contributed by atoms with Gasteiger partial charge in [0.2, 0.25) is 0 Å². The summed E-state index contributed by atoms with van der Waals surface area (Å²) in [5.74, 6) is -0.0280. The van der Waals surface area contributed by atoms with Gasteiger partial charge in [-0.15, -0.1) is 0 Å². The SMILES string of the molecule is CC(C)n1cc(CN2CCC3(CC2)CC(O)CN(C(=O)c2cccnc2)C3)cn1. The van der Waals surface area contributed by atoms with Crippen LogP contribution in [-0.2, 0) is 6.54 Å². The Labute approximate surface area is 172 Å². The number of carbonyl (C=O) groups excluding carboxylic acids is 1. The van der Waals surface area contributed by atoms with Crippen LogP contribution in [0, 0.1) is 5.41 Å². The van der Waals surface area contributed by atoms with E-state index in [1.807, 2.05) is 15.8 Å². The number of aliphatic hydroxyl groups excluding tert-OH is 1. The number of aliphatic hydroxyl groups is 1. The normalized spacial score (nSPS) is 22.3. The summed E-state index contributed by atoms with van der Waals surface area (Å²) in [6.45, 7) is 8.26. The Morgan fingerprint density at radius 2 is 2.10 bits per heavy atom. The molecule has 0 bridgehead atoms. The van der Waals surface area contributed by atoms with E-state index in [0.29, 0.717) is 18.2 Å². The van der Waals surface area contributed by atoms with Crippen LogP contribution in [0.15, 0.2) is 36.9 Å². The molecule has 2 aromatic heterocycles. The molecular weight excluding hydrogens is 366 g/mol. The van der Waals surface area contributed by atoms with Gasteiger partial charge in [-0.1, -0.05) is 0 Å². The highest BCUT2D eigenvalue weighted by Gasteiger charge is 2.43. The molecule has 0 aliphatic carbocycles. The van der Waals surface area contributed by atoms with Gasteiger partial charge in [0, 0.05) is 49.8 Å². The summed E-state index contributed by atoms with van der Waals surface area (Å²) in [6, 6.07) is 3.95. The molecule has 4 rings (SSSR count). The summed E-state index contributed by atoms with van der Waals surface area (Å²) in [6.07, 6.45) is 9.69. The van der Waals surface area contributed by atoms with E-state index >= 15 is 0 Å². The van der Waals surface area contributed by atoms with Gasteiger partial charge >= 0.3 is 0 Å². The lowest BCUT2D eigenvalue weighted by Gasteiger charge is -2.49. The lowest BCUT2D eigenvalue weighted by atomic mass is 9.71. The molecule has 0 aromatic carbocycles. The van der Waals surface area contributed by atoms with E-state index < -0.39 is 6.10 Å². The summed E-state index contributed by atoms with van der Waals surface area (Å²) in [5, 5.41) is 15.0. The van der Waals surface area contributed by atoms with Crippen LogP contribution in [0.4, 0.5) is 0 Å². The highest BCUT2D eigenvalue weighted by Crippen LogP contribution is 2.40. The molecule has 2 saturated heterocycles. The number of amides is 1. The first kappa shape index (κ1) is 20.0. The van der Waals surface area contributed by atoms with Crippen molar-refractivity contribution in [3.8, 4) is 0 Å². The molecule has 1 unspecified atom stereocenters. The molecule has 1 atom stereocenters. The standard InChI is InChI=1S/C22H31N5O2/c1-17(2)27-14-18(11-24-27)13-25-8-5-22(6-9-25)10-20(28)15-26(16-22)21(29)19-4-3-7-23-12-19/h3-4,7,11-12,14,17,20,28H,5-6,8-10,13,15-16H2,1-2H3. The predicted molar refractivity (Wildman–Crippen MR) is 110 cm³/mol. The summed E-state index contributed by atoms with van der Waals surface area (Å²) >= 11 is 0. The van der Waals surface area contributed by atoms with Crippen LogP contribution in [-0.4, -0.2) is 67.9 Å². The number of aromatic nitrogens is 3. The zero-order chi connectivity index (χ0) is 20.4. The van der Waals surface area contributed by atoms with Gasteiger partial charge in [-0.2, -0.15) is 5.10 Å². The first-order valence-corrected chi connectivity index (χ1v) is 10.6. The van der Waals surface area contributed by atoms with Crippen LogP contribution in [0.1, 0.15) is 55.1 Å². The van der Waals surface area contributed by atoms with Crippen molar-refractivity contribution in [2.75, 3.05) is 26.2 Å². The lowest BCUT2D eigenvalue weighted by Crippen LogP contribution is -2.55. The van der Waals surface area contributed by atoms with Gasteiger partial charge in [-0.3, -0.25) is 19.4 Å². The average molecular weight is 398 g/mol. The Balaban J connectivity index is 1.38. The van der Waals surface area contributed by atoms with Crippen molar-refractivity contribution in [2.45, 2.75) is 51.8 Å². The number of piperidine rings is 2. The van der Waals surface area contributed by atoms with E-state index in [4.69, 9.17) is 0 Å². The van der Waals surface area contributed by atoms with Crippen molar-refractivity contribution < 1.29 is 9.90 Å². The molecule has 7 heteroatoms. The van der Waals surface area contributed by atoms with Crippen LogP contribution >= 0.6 is 0 Å². The van der Waals surface area contributed by atoms with Crippen LogP contribution in [0.2, 0.25) is 0 Å². The molecule has 0 radical (unpaired) electrons. The van der Waals surface area contributed by atoms with Gasteiger partial charge in [-0.05, 0) is 63.7 Å². The van der Waals surface area contributed by atoms with E-state index in [9.17, 15) is 9.90 Å². The van der Waals surface area contributed by atoms with Crippen molar-refractivity contribution in [3.63, 3.8) is 0 Å². The fourth-order valence-corrected chi connectivity index (χ4v) is 4.73. The predicted octanol–water partition coefficient (Wildman–Crippen LogP) is 2.35. The van der Waals surface area contributed by atoms with E-state index in [-0.39, 0.29) is 11.3 Å². The zero-order valence-electron chi connectivity index (χ0n) is 17.4. The van der Waals surface area contributed by atoms with Gasteiger partial charge in [-0.25, -0.2) is 0 Å². The van der Waals surface area contributed by atoms with E-state index in [2.05, 4.69) is 35.0 Å². The van der Waals surface area contributed by atoms with Gasteiger partial charge in [0.25, 0.3) is 5.91 Å². The van der Waals surface area contributed by atoms with Crippen molar-refractivity contribution in [2.24, 2.45) is 5.41 Å². The minimum absolute atomic E-state index is 0.00809. The third-order valence-electron chi connectivity index (χ3n) is 6.33. The topological polar surface area (TPSA) is 74.5 Å². The molecule has 29 heavy (non-hydrogen) atoms. The van der Waals surface area contributed by atoms with Crippen molar-refractivity contribution in [3.05, 3.63) is 48.0 Å². The molecule has 2 fully saturated rings. The van der Waals surface area contributed by atoms with Crippen LogP contribution in [0.25, 0.3) is 0 Å². The number of nitrogens with zero attached hydrogens (tertiary/aromatic N) is 5. The minimum Gasteiger partial charge on any atom is -0.391 e. The highest BCUT2D eigenvalue weighted by molar-refractivity contribution is 5.94. The van der Waals surface area contributed by atoms with Gasteiger partial charge in [0.1, 0.15) is 0 Å². The minimum atomic E-state index is -0.458. The summed E-state index contributed by atoms with van der Waals surface area (Å²) in [4.78, 5) is 21.2. The third-order valence-corrected chi connectivity index (χ3v) is 6.33. The molecule has 2 aliphatic heterocycles. The molecule has 2 aromatic rings. The van der Waals surface area contributed by atoms with E-state index in [1.165, 1.54) is 5.56 Å². The smallest absolute Gasteiger partial charge is 0.255 e. The quantitative estimate of drug-likeness (QED) is 0.857. The maximum Gasteiger partial charge on any atom is 0.255 e. The second kappa shape index (κ2) is 8.24. The Morgan fingerprint density at radius 1 is 1.31 bits per heavy atom. The summed E-state index contributed by atoms with van der Waals surface area (Å²) < 4.78 is 2.00. The lowest BCUT2D eigenvalue weighted by molar-refractivity contribution is -0.0337. The number of pyridine rings is 1. The van der Waals surface area contributed by atoms with Crippen LogP contribution in [0.3, 0.4) is 0 Å². The van der Waals surface area contributed by atoms with Gasteiger partial charge in [0.05, 0.1) is 17.9 Å². The van der Waals surface area contributed by atoms with Gasteiger partial charge < -0.3 is 10.0 Å². The molecule has 1 amide bonds. The molecule has 1 N–H and O–H groups in total. The fourth-order valence-electron chi connectivity index (χ4n) is 4.73. The first-order chi connectivity index (χ1) is 13.9. The Kier molecular flexibility index (Phi) is 5.69. The number of likely N-dealkylation sites (tertiary alicyclic amines) is 2. The second-order valence-electron chi connectivity index (χ2n) is 8.98. The Hall–Kier alpha value is -2.25. The van der Waals surface area contributed by atoms with Crippen molar-refractivity contribution in [1.29, 1.82) is 0 Å². The highest BCUT2D eigenvalue weighted by atomic mass is 16.3. The molecular formula is C22H31N5O2. The first-order valence-electron chi connectivity index (χ1n) is 10.6. The number of β-amino-alcohol motifs (C(OH)–C–C–N with tert-alkyl or cyclic N) is 1. The van der Waals surface area contributed by atoms with E-state index in [1.54, 1.807) is 24.5 Å². The van der Waals surface area contributed by atoms with Crippen molar-refractivity contribution in [1.82, 2.24) is 24.6 Å². The Morgan fingerprint density at radius 3 is 2.76 bits per heavy atom. The maximum atomic E-state index is 12.9. The summed E-state index contributed by atoms with van der Waals surface area (Å²) in [5.41, 5.74) is 1.84. The third kappa shape index (κ3) is 4.51. The van der Waals surface area contributed by atoms with Gasteiger partial charge in [0.15, 0.2) is 0 Å². The number of hydrogen-bond donors (Lipinski definition) is 1. The molecule has 0 saturated carbocycles. The maximum absolute atomic E-state index is 12.9. The summed E-state index contributed by atoms with van der Waals surface area (Å²) in [7, 11) is 0. The largest absolute Gasteiger partial charge is 0.391 e. The number of carbonyl (C=O) groups is 1. The Bertz CT molecular complexity index is 827. The molecule has 156 valence electrons. The molecule has 4 heterocycles. The molecule has 7 nitrogen and oxygen atoms in total. The molecule has 2 aliphatic rings. The van der Waals surface area contributed by atoms with Crippen LogP contribution in [0.5, 0.6) is 0 Å². The number of rotatable bonds is 4. The zero-order valence-corrected chi connectivity index (χ0v) is 17.4. The van der Waals surface area contributed by atoms with Crippen molar-refractivity contribution >= 4 is 5.91 Å². The monoisotopic (exact) mass is 397 g/mol.